The molecule has 0 radical (unpaired) electrons. The summed E-state index contributed by atoms with van der Waals surface area (Å²) in [6.45, 7) is 1.09. The minimum Gasteiger partial charge on any atom is -0.376 e. The van der Waals surface area contributed by atoms with E-state index in [1.165, 1.54) is 12.1 Å². The number of hydrogen-bond donors (Lipinski definition) is 1. The Kier molecular flexibility index (Phi) is 4.55. The van der Waals surface area contributed by atoms with Gasteiger partial charge in [0.05, 0.1) is 11.0 Å². The number of ether oxygens (including phenoxy) is 1. The summed E-state index contributed by atoms with van der Waals surface area (Å²) in [7, 11) is -3.56. The summed E-state index contributed by atoms with van der Waals surface area (Å²) in [5.74, 6) is -1.01. The maximum Gasteiger partial charge on any atom is 0.235 e. The third kappa shape index (κ3) is 4.04. The summed E-state index contributed by atoms with van der Waals surface area (Å²) in [6, 6.07) is 7.98. The summed E-state index contributed by atoms with van der Waals surface area (Å²) in [5, 5.41) is 2.61. The molecule has 6 heteroatoms. The van der Waals surface area contributed by atoms with Gasteiger partial charge in [-0.25, -0.2) is 8.42 Å². The quantitative estimate of drug-likeness (QED) is 0.865. The first-order valence-corrected chi connectivity index (χ1v) is 7.89. The largest absolute Gasteiger partial charge is 0.376 e. The summed E-state index contributed by atoms with van der Waals surface area (Å²) in [5.41, 5.74) is 0. The maximum absolute atomic E-state index is 11.9. The highest BCUT2D eigenvalue weighted by atomic mass is 32.2. The summed E-state index contributed by atoms with van der Waals surface area (Å²) in [6.07, 6.45) is 1.91. The minimum atomic E-state index is -3.56. The van der Waals surface area contributed by atoms with Crippen molar-refractivity contribution in [2.75, 3.05) is 18.9 Å². The van der Waals surface area contributed by atoms with Gasteiger partial charge in [-0.1, -0.05) is 18.2 Å². The van der Waals surface area contributed by atoms with E-state index in [9.17, 15) is 13.2 Å². The van der Waals surface area contributed by atoms with E-state index in [1.54, 1.807) is 18.2 Å². The Morgan fingerprint density at radius 1 is 1.32 bits per heavy atom. The zero-order chi connectivity index (χ0) is 13.7. The van der Waals surface area contributed by atoms with E-state index < -0.39 is 21.5 Å². The third-order valence-electron chi connectivity index (χ3n) is 2.97. The average Bonchev–Trinajstić information content (AvgIpc) is 2.90. The van der Waals surface area contributed by atoms with Crippen molar-refractivity contribution in [3.8, 4) is 0 Å². The van der Waals surface area contributed by atoms with E-state index in [-0.39, 0.29) is 11.0 Å². The second-order valence-corrected chi connectivity index (χ2v) is 6.50. The lowest BCUT2D eigenvalue weighted by Crippen LogP contribution is -2.35. The van der Waals surface area contributed by atoms with E-state index in [4.69, 9.17) is 4.74 Å². The summed E-state index contributed by atoms with van der Waals surface area (Å²) in [4.78, 5) is 11.8. The van der Waals surface area contributed by atoms with Crippen molar-refractivity contribution >= 4 is 15.7 Å². The molecule has 19 heavy (non-hydrogen) atoms. The Labute approximate surface area is 112 Å². The highest BCUT2D eigenvalue weighted by Gasteiger charge is 2.21. The predicted molar refractivity (Wildman–Crippen MR) is 70.5 cm³/mol. The molecule has 5 nitrogen and oxygen atoms in total. The van der Waals surface area contributed by atoms with Crippen LogP contribution in [0.4, 0.5) is 0 Å². The Balaban J connectivity index is 1.87. The van der Waals surface area contributed by atoms with E-state index in [0.29, 0.717) is 13.2 Å². The van der Waals surface area contributed by atoms with Gasteiger partial charge in [-0.05, 0) is 25.0 Å². The molecular weight excluding hydrogens is 266 g/mol. The predicted octanol–water partition coefficient (Wildman–Crippen LogP) is 0.756. The van der Waals surface area contributed by atoms with E-state index in [2.05, 4.69) is 5.32 Å². The Bertz CT molecular complexity index is 521. The Hall–Kier alpha value is -1.40. The van der Waals surface area contributed by atoms with Crippen molar-refractivity contribution in [3.05, 3.63) is 30.3 Å². The second kappa shape index (κ2) is 6.16. The van der Waals surface area contributed by atoms with Crippen molar-refractivity contribution in [1.82, 2.24) is 5.32 Å². The van der Waals surface area contributed by atoms with Gasteiger partial charge < -0.3 is 10.1 Å². The van der Waals surface area contributed by atoms with Crippen LogP contribution in [0.15, 0.2) is 35.2 Å². The molecule has 1 aliphatic heterocycles. The molecule has 104 valence electrons. The normalized spacial score (nSPS) is 19.3. The van der Waals surface area contributed by atoms with Gasteiger partial charge in [0.15, 0.2) is 9.84 Å². The first kappa shape index (κ1) is 14.0. The van der Waals surface area contributed by atoms with Gasteiger partial charge >= 0.3 is 0 Å². The van der Waals surface area contributed by atoms with Crippen LogP contribution in [0.3, 0.4) is 0 Å². The van der Waals surface area contributed by atoms with Crippen molar-refractivity contribution < 1.29 is 17.9 Å². The molecule has 1 fully saturated rings. The van der Waals surface area contributed by atoms with Crippen LogP contribution in [-0.4, -0.2) is 39.3 Å². The van der Waals surface area contributed by atoms with Crippen molar-refractivity contribution in [3.63, 3.8) is 0 Å². The fraction of sp³-hybridized carbons (Fsp3) is 0.462. The fourth-order valence-corrected chi connectivity index (χ4v) is 3.15. The van der Waals surface area contributed by atoms with Gasteiger partial charge in [0.25, 0.3) is 0 Å². The van der Waals surface area contributed by atoms with Gasteiger partial charge in [0.1, 0.15) is 5.75 Å². The molecule has 0 spiro atoms. The first-order chi connectivity index (χ1) is 9.08. The molecule has 1 saturated heterocycles. The zero-order valence-electron chi connectivity index (χ0n) is 10.5. The lowest BCUT2D eigenvalue weighted by molar-refractivity contribution is -0.119. The standard InChI is InChI=1S/C13H17NO4S/c15-13(14-9-11-5-4-8-18-11)10-19(16,17)12-6-2-1-3-7-12/h1-3,6-7,11H,4-5,8-10H2,(H,14,15). The second-order valence-electron chi connectivity index (χ2n) is 4.51. The van der Waals surface area contributed by atoms with Crippen LogP contribution in [-0.2, 0) is 19.4 Å². The van der Waals surface area contributed by atoms with Crippen molar-refractivity contribution in [1.29, 1.82) is 0 Å². The molecule has 1 amide bonds. The van der Waals surface area contributed by atoms with Crippen LogP contribution in [0, 0.1) is 0 Å². The van der Waals surface area contributed by atoms with Gasteiger partial charge in [-0.2, -0.15) is 0 Å². The highest BCUT2D eigenvalue weighted by molar-refractivity contribution is 7.92. The Morgan fingerprint density at radius 2 is 2.05 bits per heavy atom. The maximum atomic E-state index is 11.9. The molecule has 1 N–H and O–H groups in total. The number of rotatable bonds is 5. The molecular formula is C13H17NO4S. The number of hydrogen-bond acceptors (Lipinski definition) is 4. The van der Waals surface area contributed by atoms with Crippen LogP contribution < -0.4 is 5.32 Å². The van der Waals surface area contributed by atoms with E-state index in [1.807, 2.05) is 0 Å². The molecule has 1 heterocycles. The smallest absolute Gasteiger partial charge is 0.235 e. The summed E-state index contributed by atoms with van der Waals surface area (Å²) >= 11 is 0. The van der Waals surface area contributed by atoms with Crippen molar-refractivity contribution in [2.24, 2.45) is 0 Å². The first-order valence-electron chi connectivity index (χ1n) is 6.24. The molecule has 2 rings (SSSR count). The lowest BCUT2D eigenvalue weighted by atomic mass is 10.2. The SMILES string of the molecule is O=C(CS(=O)(=O)c1ccccc1)NCC1CCCO1. The van der Waals surface area contributed by atoms with Crippen LogP contribution in [0.25, 0.3) is 0 Å². The molecule has 1 aliphatic rings. The number of amides is 1. The molecule has 1 aromatic rings. The van der Waals surface area contributed by atoms with Gasteiger partial charge in [0.2, 0.25) is 5.91 Å². The van der Waals surface area contributed by atoms with Gasteiger partial charge in [0, 0.05) is 13.2 Å². The van der Waals surface area contributed by atoms with Crippen LogP contribution in [0.2, 0.25) is 0 Å². The molecule has 1 unspecified atom stereocenters. The number of sulfone groups is 1. The van der Waals surface area contributed by atoms with E-state index >= 15 is 0 Å². The van der Waals surface area contributed by atoms with E-state index in [0.717, 1.165) is 12.8 Å². The minimum absolute atomic E-state index is 0.0170. The number of benzene rings is 1. The van der Waals surface area contributed by atoms with Crippen LogP contribution in [0.5, 0.6) is 0 Å². The molecule has 0 bridgehead atoms. The third-order valence-corrected chi connectivity index (χ3v) is 4.61. The molecule has 1 atom stereocenters. The topological polar surface area (TPSA) is 72.5 Å². The number of carbonyl (C=O) groups is 1. The molecule has 0 aromatic heterocycles. The van der Waals surface area contributed by atoms with Gasteiger partial charge in [-0.15, -0.1) is 0 Å². The van der Waals surface area contributed by atoms with Gasteiger partial charge in [-0.3, -0.25) is 4.79 Å². The number of nitrogens with one attached hydrogen (secondary N) is 1. The summed E-state index contributed by atoms with van der Waals surface area (Å²) < 4.78 is 29.2. The highest BCUT2D eigenvalue weighted by Crippen LogP contribution is 2.11. The lowest BCUT2D eigenvalue weighted by Gasteiger charge is -2.11. The number of carbonyl (C=O) groups excluding carboxylic acids is 1. The zero-order valence-corrected chi connectivity index (χ0v) is 11.4. The monoisotopic (exact) mass is 283 g/mol. The van der Waals surface area contributed by atoms with Crippen molar-refractivity contribution in [2.45, 2.75) is 23.8 Å². The Morgan fingerprint density at radius 3 is 2.68 bits per heavy atom. The molecule has 0 saturated carbocycles. The molecule has 1 aromatic carbocycles. The van der Waals surface area contributed by atoms with Crippen LogP contribution in [0.1, 0.15) is 12.8 Å². The van der Waals surface area contributed by atoms with Crippen LogP contribution >= 0.6 is 0 Å². The average molecular weight is 283 g/mol. The molecule has 0 aliphatic carbocycles. The fourth-order valence-electron chi connectivity index (χ4n) is 1.97.